The summed E-state index contributed by atoms with van der Waals surface area (Å²) in [6, 6.07) is 39.7. The molecule has 2 aromatic heterocycles. The average Bonchev–Trinajstić information content (AvgIpc) is 3.51. The van der Waals surface area contributed by atoms with Crippen LogP contribution in [0.2, 0.25) is 0 Å². The number of aromatic nitrogens is 1. The highest BCUT2D eigenvalue weighted by Gasteiger charge is 2.13. The molecular formula is C33H23NS2. The van der Waals surface area contributed by atoms with E-state index in [1.807, 2.05) is 11.3 Å². The number of hydrogen-bond acceptors (Lipinski definition) is 3. The van der Waals surface area contributed by atoms with Crippen LogP contribution in [-0.2, 0) is 6.42 Å². The van der Waals surface area contributed by atoms with Crippen LogP contribution < -0.4 is 0 Å². The standard InChI is InChI=1S/C33H23NS2/c1-21-13-14-25(27(17-21)33-34-29-10-3-5-12-32(29)36-33)19-22-7-6-8-23(18-22)24-15-16-31-28(20-24)26-9-2-4-11-30(26)35-31/h2-18,20H,19H2,1H3. The molecule has 0 saturated heterocycles. The highest BCUT2D eigenvalue weighted by Crippen LogP contribution is 2.37. The summed E-state index contributed by atoms with van der Waals surface area (Å²) in [5.41, 5.74) is 8.74. The lowest BCUT2D eigenvalue weighted by Crippen LogP contribution is -1.94. The first kappa shape index (κ1) is 21.5. The highest BCUT2D eigenvalue weighted by atomic mass is 32.1. The molecule has 1 nitrogen and oxygen atoms in total. The van der Waals surface area contributed by atoms with E-state index in [1.165, 1.54) is 58.3 Å². The third kappa shape index (κ3) is 3.81. The van der Waals surface area contributed by atoms with Crippen molar-refractivity contribution in [1.29, 1.82) is 0 Å². The van der Waals surface area contributed by atoms with Crippen molar-refractivity contribution < 1.29 is 0 Å². The fourth-order valence-corrected chi connectivity index (χ4v) is 7.12. The minimum atomic E-state index is 0.878. The van der Waals surface area contributed by atoms with Crippen molar-refractivity contribution in [2.24, 2.45) is 0 Å². The molecule has 0 bridgehead atoms. The molecule has 0 spiro atoms. The molecule has 0 aliphatic rings. The minimum Gasteiger partial charge on any atom is -0.236 e. The first-order valence-electron chi connectivity index (χ1n) is 12.2. The molecule has 172 valence electrons. The summed E-state index contributed by atoms with van der Waals surface area (Å²) in [6.07, 6.45) is 0.878. The van der Waals surface area contributed by atoms with E-state index in [1.54, 1.807) is 11.3 Å². The molecule has 3 heteroatoms. The molecule has 0 atom stereocenters. The van der Waals surface area contributed by atoms with Crippen LogP contribution in [0.5, 0.6) is 0 Å². The third-order valence-corrected chi connectivity index (χ3v) is 9.04. The fraction of sp³-hybridized carbons (Fsp3) is 0.0606. The normalized spacial score (nSPS) is 11.6. The van der Waals surface area contributed by atoms with E-state index in [0.29, 0.717) is 0 Å². The van der Waals surface area contributed by atoms with Gasteiger partial charge in [0.25, 0.3) is 0 Å². The van der Waals surface area contributed by atoms with Crippen molar-refractivity contribution in [2.75, 3.05) is 0 Å². The Balaban J connectivity index is 1.27. The van der Waals surface area contributed by atoms with E-state index in [4.69, 9.17) is 4.98 Å². The van der Waals surface area contributed by atoms with Gasteiger partial charge in [-0.1, -0.05) is 78.4 Å². The number of aryl methyl sites for hydroxylation is 1. The number of thiophene rings is 1. The molecular weight excluding hydrogens is 475 g/mol. The van der Waals surface area contributed by atoms with Crippen molar-refractivity contribution >= 4 is 53.1 Å². The van der Waals surface area contributed by atoms with E-state index in [9.17, 15) is 0 Å². The molecule has 0 aliphatic heterocycles. The molecule has 0 radical (unpaired) electrons. The van der Waals surface area contributed by atoms with Gasteiger partial charge in [0.1, 0.15) is 5.01 Å². The van der Waals surface area contributed by atoms with E-state index in [0.717, 1.165) is 16.9 Å². The van der Waals surface area contributed by atoms with Crippen molar-refractivity contribution in [2.45, 2.75) is 13.3 Å². The molecule has 7 rings (SSSR count). The quantitative estimate of drug-likeness (QED) is 0.236. The van der Waals surface area contributed by atoms with Gasteiger partial charge in [-0.15, -0.1) is 22.7 Å². The topological polar surface area (TPSA) is 12.9 Å². The second kappa shape index (κ2) is 8.70. The fourth-order valence-electron chi connectivity index (χ4n) is 5.02. The maximum atomic E-state index is 4.96. The molecule has 0 aliphatic carbocycles. The van der Waals surface area contributed by atoms with Crippen LogP contribution in [0, 0.1) is 6.92 Å². The van der Waals surface area contributed by atoms with Crippen LogP contribution >= 0.6 is 22.7 Å². The predicted molar refractivity (Wildman–Crippen MR) is 157 cm³/mol. The minimum absolute atomic E-state index is 0.878. The summed E-state index contributed by atoms with van der Waals surface area (Å²) in [5.74, 6) is 0. The largest absolute Gasteiger partial charge is 0.236 e. The average molecular weight is 498 g/mol. The summed E-state index contributed by atoms with van der Waals surface area (Å²) >= 11 is 3.64. The van der Waals surface area contributed by atoms with Crippen LogP contribution in [0.3, 0.4) is 0 Å². The Morgan fingerprint density at radius 3 is 2.33 bits per heavy atom. The van der Waals surface area contributed by atoms with E-state index < -0.39 is 0 Å². The van der Waals surface area contributed by atoms with Crippen LogP contribution in [0.15, 0.2) is 109 Å². The number of thiazole rings is 1. The molecule has 0 amide bonds. The first-order valence-corrected chi connectivity index (χ1v) is 13.8. The zero-order valence-corrected chi connectivity index (χ0v) is 21.5. The summed E-state index contributed by atoms with van der Waals surface area (Å²) < 4.78 is 3.93. The zero-order valence-electron chi connectivity index (χ0n) is 19.9. The molecule has 0 fully saturated rings. The molecule has 0 N–H and O–H groups in total. The predicted octanol–water partition coefficient (Wildman–Crippen LogP) is 9.90. The Labute approximate surface area is 218 Å². The molecule has 7 aromatic rings. The number of para-hydroxylation sites is 1. The number of hydrogen-bond donors (Lipinski definition) is 0. The van der Waals surface area contributed by atoms with Crippen molar-refractivity contribution in [1.82, 2.24) is 4.98 Å². The molecule has 0 saturated carbocycles. The maximum Gasteiger partial charge on any atom is 0.124 e. The lowest BCUT2D eigenvalue weighted by Gasteiger charge is -2.11. The van der Waals surface area contributed by atoms with Crippen LogP contribution in [0.25, 0.3) is 52.1 Å². The summed E-state index contributed by atoms with van der Waals surface area (Å²) in [4.78, 5) is 4.96. The Bertz CT molecular complexity index is 1860. The van der Waals surface area contributed by atoms with Gasteiger partial charge in [-0.3, -0.25) is 0 Å². The second-order valence-electron chi connectivity index (χ2n) is 9.33. The number of rotatable bonds is 4. The highest BCUT2D eigenvalue weighted by molar-refractivity contribution is 7.25. The van der Waals surface area contributed by atoms with Crippen molar-refractivity contribution in [3.63, 3.8) is 0 Å². The number of nitrogens with zero attached hydrogens (tertiary/aromatic N) is 1. The van der Waals surface area contributed by atoms with Crippen molar-refractivity contribution in [3.8, 4) is 21.7 Å². The zero-order chi connectivity index (χ0) is 24.1. The Kier molecular flexibility index (Phi) is 5.19. The third-order valence-electron chi connectivity index (χ3n) is 6.82. The monoisotopic (exact) mass is 497 g/mol. The van der Waals surface area contributed by atoms with Gasteiger partial charge in [0.2, 0.25) is 0 Å². The van der Waals surface area contributed by atoms with E-state index in [-0.39, 0.29) is 0 Å². The Morgan fingerprint density at radius 2 is 1.42 bits per heavy atom. The maximum absolute atomic E-state index is 4.96. The Morgan fingerprint density at radius 1 is 0.611 bits per heavy atom. The lowest BCUT2D eigenvalue weighted by atomic mass is 9.95. The number of fused-ring (bicyclic) bond motifs is 4. The first-order chi connectivity index (χ1) is 17.7. The summed E-state index contributed by atoms with van der Waals surface area (Å²) in [5, 5.41) is 3.78. The van der Waals surface area contributed by atoms with Gasteiger partial charge >= 0.3 is 0 Å². The van der Waals surface area contributed by atoms with Crippen LogP contribution in [-0.4, -0.2) is 4.98 Å². The van der Waals surface area contributed by atoms with E-state index >= 15 is 0 Å². The molecule has 5 aromatic carbocycles. The smallest absolute Gasteiger partial charge is 0.124 e. The summed E-state index contributed by atoms with van der Waals surface area (Å²) in [7, 11) is 0. The van der Waals surface area contributed by atoms with Gasteiger partial charge in [-0.25, -0.2) is 4.98 Å². The SMILES string of the molecule is Cc1ccc(Cc2cccc(-c3ccc4sc5ccccc5c4c3)c2)c(-c2nc3ccccc3s2)c1. The van der Waals surface area contributed by atoms with Gasteiger partial charge in [0.05, 0.1) is 10.2 Å². The van der Waals surface area contributed by atoms with Crippen molar-refractivity contribution in [3.05, 3.63) is 126 Å². The van der Waals surface area contributed by atoms with Gasteiger partial charge in [-0.2, -0.15) is 0 Å². The van der Waals surface area contributed by atoms with E-state index in [2.05, 4.69) is 116 Å². The van der Waals surface area contributed by atoms with Gasteiger partial charge in [0.15, 0.2) is 0 Å². The van der Waals surface area contributed by atoms with Gasteiger partial charge in [-0.05, 0) is 72.0 Å². The molecule has 0 unspecified atom stereocenters. The van der Waals surface area contributed by atoms with Crippen LogP contribution in [0.1, 0.15) is 16.7 Å². The van der Waals surface area contributed by atoms with Gasteiger partial charge < -0.3 is 0 Å². The summed E-state index contributed by atoms with van der Waals surface area (Å²) in [6.45, 7) is 2.16. The Hall–Kier alpha value is -3.79. The number of benzene rings is 5. The van der Waals surface area contributed by atoms with Gasteiger partial charge in [0, 0.05) is 25.7 Å². The van der Waals surface area contributed by atoms with Crippen LogP contribution in [0.4, 0.5) is 0 Å². The lowest BCUT2D eigenvalue weighted by molar-refractivity contribution is 1.19. The molecule has 2 heterocycles. The molecule has 36 heavy (non-hydrogen) atoms. The second-order valence-corrected chi connectivity index (χ2v) is 11.4.